The van der Waals surface area contributed by atoms with E-state index in [1.807, 2.05) is 55.5 Å². The summed E-state index contributed by atoms with van der Waals surface area (Å²) in [6.07, 6.45) is 1.61. The Hall–Kier alpha value is -3.70. The molecule has 0 aliphatic carbocycles. The van der Waals surface area contributed by atoms with Crippen LogP contribution >= 0.6 is 11.6 Å². The number of hydrogen-bond acceptors (Lipinski definition) is 4. The number of rotatable bonds is 7. The molecule has 1 N–H and O–H groups in total. The molecule has 6 heteroatoms. The first-order valence-corrected chi connectivity index (χ1v) is 11.6. The summed E-state index contributed by atoms with van der Waals surface area (Å²) in [6, 6.07) is 23.0. The van der Waals surface area contributed by atoms with E-state index < -0.39 is 0 Å². The molecule has 0 unspecified atom stereocenters. The maximum Gasteiger partial charge on any atom is 0.272 e. The second-order valence-corrected chi connectivity index (χ2v) is 8.23. The van der Waals surface area contributed by atoms with Gasteiger partial charge in [-0.3, -0.25) is 4.79 Å². The van der Waals surface area contributed by atoms with Crippen molar-refractivity contribution in [3.05, 3.63) is 94.5 Å². The first-order valence-electron chi connectivity index (χ1n) is 11.2. The second-order valence-electron chi connectivity index (χ2n) is 7.82. The highest BCUT2D eigenvalue weighted by Gasteiger charge is 2.16. The van der Waals surface area contributed by atoms with Crippen molar-refractivity contribution in [3.8, 4) is 17.0 Å². The van der Waals surface area contributed by atoms with Crippen LogP contribution in [0, 0.1) is 0 Å². The lowest BCUT2D eigenvalue weighted by Gasteiger charge is -2.11. The monoisotopic (exact) mass is 471 g/mol. The topological polar surface area (TPSA) is 63.6 Å². The van der Waals surface area contributed by atoms with Gasteiger partial charge in [0.1, 0.15) is 5.75 Å². The molecular formula is C28H26ClN3O2. The van der Waals surface area contributed by atoms with Gasteiger partial charge in [-0.2, -0.15) is 5.10 Å². The van der Waals surface area contributed by atoms with E-state index in [-0.39, 0.29) is 5.91 Å². The number of methoxy groups -OCH3 is 1. The zero-order valence-corrected chi connectivity index (χ0v) is 20.2. The van der Waals surface area contributed by atoms with Gasteiger partial charge in [0.15, 0.2) is 0 Å². The van der Waals surface area contributed by atoms with Gasteiger partial charge in [0.2, 0.25) is 0 Å². The van der Waals surface area contributed by atoms with Crippen molar-refractivity contribution in [1.82, 2.24) is 10.4 Å². The third-order valence-corrected chi connectivity index (χ3v) is 6.05. The lowest BCUT2D eigenvalue weighted by molar-refractivity contribution is 0.0956. The van der Waals surface area contributed by atoms with E-state index in [1.54, 1.807) is 19.2 Å². The molecule has 0 atom stereocenters. The molecule has 4 rings (SSSR count). The molecule has 5 nitrogen and oxygen atoms in total. The number of hydrogen-bond donors (Lipinski definition) is 1. The lowest BCUT2D eigenvalue weighted by Crippen LogP contribution is -2.20. The number of benzene rings is 3. The molecule has 3 aromatic carbocycles. The summed E-state index contributed by atoms with van der Waals surface area (Å²) >= 11 is 6.46. The molecule has 0 aliphatic heterocycles. The van der Waals surface area contributed by atoms with Gasteiger partial charge in [0.05, 0.1) is 34.6 Å². The number of nitrogens with zero attached hydrogens (tertiary/aromatic N) is 2. The molecule has 0 bridgehead atoms. The highest BCUT2D eigenvalue weighted by Crippen LogP contribution is 2.29. The van der Waals surface area contributed by atoms with Gasteiger partial charge in [-0.1, -0.05) is 61.8 Å². The number of hydrazone groups is 1. The third kappa shape index (κ3) is 4.95. The summed E-state index contributed by atoms with van der Waals surface area (Å²) < 4.78 is 5.22. The van der Waals surface area contributed by atoms with Crippen molar-refractivity contribution in [2.75, 3.05) is 7.11 Å². The van der Waals surface area contributed by atoms with Crippen LogP contribution in [0.3, 0.4) is 0 Å². The van der Waals surface area contributed by atoms with Crippen molar-refractivity contribution in [1.29, 1.82) is 0 Å². The van der Waals surface area contributed by atoms with Crippen LogP contribution in [0.2, 0.25) is 5.02 Å². The Morgan fingerprint density at radius 3 is 2.41 bits per heavy atom. The van der Waals surface area contributed by atoms with Crippen LogP contribution in [-0.2, 0) is 6.42 Å². The molecule has 0 aliphatic rings. The van der Waals surface area contributed by atoms with E-state index in [9.17, 15) is 4.79 Å². The van der Waals surface area contributed by atoms with Crippen molar-refractivity contribution >= 4 is 34.1 Å². The number of nitrogens with one attached hydrogen (secondary N) is 1. The first kappa shape index (κ1) is 23.5. The van der Waals surface area contributed by atoms with Crippen LogP contribution < -0.4 is 10.2 Å². The standard InChI is InChI=1S/C28H26ClN3O2/c1-4-18-9-11-20(12-10-18)26-17-23(22-7-6-8-24(29)27(22)30-26)28(33)32-31-25(5-2)19-13-15-21(34-3)16-14-19/h6-17H,4-5H2,1-3H3,(H,32,33). The SMILES string of the molecule is CCC(=NNC(=O)c1cc(-c2ccc(CC)cc2)nc2c(Cl)cccc12)c1ccc(OC)cc1. The maximum atomic E-state index is 13.3. The molecule has 34 heavy (non-hydrogen) atoms. The first-order chi connectivity index (χ1) is 16.5. The highest BCUT2D eigenvalue weighted by atomic mass is 35.5. The quantitative estimate of drug-likeness (QED) is 0.242. The van der Waals surface area contributed by atoms with E-state index in [1.165, 1.54) is 5.56 Å². The van der Waals surface area contributed by atoms with Gasteiger partial charge in [-0.05, 0) is 60.4 Å². The molecule has 0 spiro atoms. The van der Waals surface area contributed by atoms with E-state index in [2.05, 4.69) is 29.6 Å². The fraction of sp³-hybridized carbons (Fsp3) is 0.179. The number of fused-ring (bicyclic) bond motifs is 1. The van der Waals surface area contributed by atoms with Crippen LogP contribution in [0.5, 0.6) is 5.75 Å². The Balaban J connectivity index is 1.72. The van der Waals surface area contributed by atoms with Crippen LogP contribution in [0.4, 0.5) is 0 Å². The highest BCUT2D eigenvalue weighted by molar-refractivity contribution is 6.35. The number of amides is 1. The van der Waals surface area contributed by atoms with E-state index in [0.717, 1.165) is 29.0 Å². The molecule has 0 radical (unpaired) electrons. The van der Waals surface area contributed by atoms with Crippen molar-refractivity contribution in [3.63, 3.8) is 0 Å². The Labute approximate surface area is 204 Å². The van der Waals surface area contributed by atoms with Gasteiger partial charge in [0, 0.05) is 10.9 Å². The fourth-order valence-electron chi connectivity index (χ4n) is 3.77. The largest absolute Gasteiger partial charge is 0.497 e. The van der Waals surface area contributed by atoms with Gasteiger partial charge in [0.25, 0.3) is 5.91 Å². The number of aryl methyl sites for hydroxylation is 1. The minimum absolute atomic E-state index is 0.319. The molecule has 4 aromatic rings. The number of aromatic nitrogens is 1. The molecule has 0 saturated heterocycles. The second kappa shape index (κ2) is 10.5. The molecular weight excluding hydrogens is 446 g/mol. The Kier molecular flexibility index (Phi) is 7.24. The van der Waals surface area contributed by atoms with Crippen molar-refractivity contribution in [2.24, 2.45) is 5.10 Å². The van der Waals surface area contributed by atoms with Gasteiger partial charge >= 0.3 is 0 Å². The zero-order chi connectivity index (χ0) is 24.1. The number of halogens is 1. The smallest absolute Gasteiger partial charge is 0.272 e. The van der Waals surface area contributed by atoms with E-state index >= 15 is 0 Å². The summed E-state index contributed by atoms with van der Waals surface area (Å²) in [7, 11) is 1.63. The van der Waals surface area contributed by atoms with Crippen molar-refractivity contribution < 1.29 is 9.53 Å². The maximum absolute atomic E-state index is 13.3. The number of carbonyl (C=O) groups is 1. The average molecular weight is 472 g/mol. The molecule has 172 valence electrons. The zero-order valence-electron chi connectivity index (χ0n) is 19.4. The minimum Gasteiger partial charge on any atom is -0.497 e. The number of para-hydroxylation sites is 1. The van der Waals surface area contributed by atoms with E-state index in [4.69, 9.17) is 21.3 Å². The molecule has 0 saturated carbocycles. The minimum atomic E-state index is -0.319. The average Bonchev–Trinajstić information content (AvgIpc) is 2.89. The fourth-order valence-corrected chi connectivity index (χ4v) is 3.99. The third-order valence-electron chi connectivity index (χ3n) is 5.74. The predicted octanol–water partition coefficient (Wildman–Crippen LogP) is 6.67. The number of carbonyl (C=O) groups excluding carboxylic acids is 1. The van der Waals surface area contributed by atoms with Crippen molar-refractivity contribution in [2.45, 2.75) is 26.7 Å². The summed E-state index contributed by atoms with van der Waals surface area (Å²) in [5.74, 6) is 0.448. The summed E-state index contributed by atoms with van der Waals surface area (Å²) in [5, 5.41) is 5.59. The van der Waals surface area contributed by atoms with Crippen LogP contribution in [-0.4, -0.2) is 23.7 Å². The van der Waals surface area contributed by atoms with Gasteiger partial charge in [-0.25, -0.2) is 10.4 Å². The Bertz CT molecular complexity index is 1350. The summed E-state index contributed by atoms with van der Waals surface area (Å²) in [6.45, 7) is 4.11. The summed E-state index contributed by atoms with van der Waals surface area (Å²) in [5.41, 5.74) is 8.31. The van der Waals surface area contributed by atoms with Gasteiger partial charge in [-0.15, -0.1) is 0 Å². The van der Waals surface area contributed by atoms with E-state index in [0.29, 0.717) is 33.6 Å². The molecule has 1 amide bonds. The Morgan fingerprint density at radius 1 is 1.03 bits per heavy atom. The molecule has 0 fully saturated rings. The van der Waals surface area contributed by atoms with Gasteiger partial charge < -0.3 is 4.74 Å². The Morgan fingerprint density at radius 2 is 1.76 bits per heavy atom. The normalized spacial score (nSPS) is 11.5. The predicted molar refractivity (Wildman–Crippen MR) is 139 cm³/mol. The van der Waals surface area contributed by atoms with Crippen LogP contribution in [0.1, 0.15) is 41.8 Å². The van der Waals surface area contributed by atoms with Crippen LogP contribution in [0.15, 0.2) is 77.9 Å². The number of ether oxygens (including phenoxy) is 1. The van der Waals surface area contributed by atoms with Crippen LogP contribution in [0.25, 0.3) is 22.2 Å². The summed E-state index contributed by atoms with van der Waals surface area (Å²) in [4.78, 5) is 18.1. The molecule has 1 aromatic heterocycles. The number of pyridine rings is 1. The molecule has 1 heterocycles. The lowest BCUT2D eigenvalue weighted by atomic mass is 10.0.